The van der Waals surface area contributed by atoms with E-state index in [9.17, 15) is 0 Å². The molecule has 0 spiro atoms. The van der Waals surface area contributed by atoms with Crippen LogP contribution >= 0.6 is 0 Å². The van der Waals surface area contributed by atoms with Crippen molar-refractivity contribution in [2.75, 3.05) is 30.4 Å². The predicted molar refractivity (Wildman–Crippen MR) is 65.4 cm³/mol. The van der Waals surface area contributed by atoms with Crippen molar-refractivity contribution in [3.8, 4) is 0 Å². The molecule has 0 amide bonds. The van der Waals surface area contributed by atoms with Crippen molar-refractivity contribution in [1.82, 2.24) is 0 Å². The number of piperidine rings is 1. The quantitative estimate of drug-likeness (QED) is 0.771. The minimum Gasteiger partial charge on any atom is -0.386 e. The Morgan fingerprint density at radius 3 is 2.93 bits per heavy atom. The number of nitrogens with zero attached hydrogens (tertiary/aromatic N) is 1. The van der Waals surface area contributed by atoms with Crippen LogP contribution < -0.4 is 16.0 Å². The molecule has 3 nitrogen and oxygen atoms in total. The van der Waals surface area contributed by atoms with E-state index in [4.69, 9.17) is 5.73 Å². The summed E-state index contributed by atoms with van der Waals surface area (Å²) in [5, 5.41) is 3.23. The smallest absolute Gasteiger partial charge is 0.0602 e. The molecule has 15 heavy (non-hydrogen) atoms. The van der Waals surface area contributed by atoms with Gasteiger partial charge in [-0.2, -0.15) is 0 Å². The molecule has 3 N–H and O–H groups in total. The number of benzene rings is 1. The fourth-order valence-corrected chi connectivity index (χ4v) is 2.19. The number of nitrogens with two attached hydrogens (primary N) is 1. The molecule has 0 bridgehead atoms. The van der Waals surface area contributed by atoms with Gasteiger partial charge in [0.2, 0.25) is 0 Å². The summed E-state index contributed by atoms with van der Waals surface area (Å²) in [6.07, 6.45) is 2.34. The first-order valence-electron chi connectivity index (χ1n) is 5.58. The molecule has 1 aromatic carbocycles. The Morgan fingerprint density at radius 2 is 2.20 bits per heavy atom. The number of hydrogen-bond donors (Lipinski definition) is 2. The Bertz CT molecular complexity index is 324. The van der Waals surface area contributed by atoms with Gasteiger partial charge in [-0.05, 0) is 25.0 Å². The summed E-state index contributed by atoms with van der Waals surface area (Å²) < 4.78 is 0. The minimum atomic E-state index is 0.323. The highest BCUT2D eigenvalue weighted by Gasteiger charge is 2.18. The van der Waals surface area contributed by atoms with Gasteiger partial charge in [0.25, 0.3) is 0 Å². The van der Waals surface area contributed by atoms with Crippen molar-refractivity contribution in [1.29, 1.82) is 0 Å². The molecule has 1 atom stereocenters. The van der Waals surface area contributed by atoms with Crippen LogP contribution in [-0.4, -0.2) is 26.2 Å². The van der Waals surface area contributed by atoms with Crippen LogP contribution in [0.2, 0.25) is 0 Å². The Balaban J connectivity index is 2.20. The van der Waals surface area contributed by atoms with Crippen LogP contribution in [0, 0.1) is 0 Å². The Labute approximate surface area is 91.3 Å². The van der Waals surface area contributed by atoms with E-state index in [1.807, 2.05) is 7.05 Å². The minimum absolute atomic E-state index is 0.323. The van der Waals surface area contributed by atoms with Gasteiger partial charge < -0.3 is 16.0 Å². The van der Waals surface area contributed by atoms with Gasteiger partial charge in [0, 0.05) is 26.2 Å². The fraction of sp³-hybridized carbons (Fsp3) is 0.500. The summed E-state index contributed by atoms with van der Waals surface area (Å²) in [5.74, 6) is 0. The van der Waals surface area contributed by atoms with Gasteiger partial charge in [-0.1, -0.05) is 12.1 Å². The van der Waals surface area contributed by atoms with Crippen molar-refractivity contribution in [2.45, 2.75) is 18.9 Å². The second-order valence-electron chi connectivity index (χ2n) is 4.12. The van der Waals surface area contributed by atoms with Gasteiger partial charge in [0.05, 0.1) is 11.4 Å². The number of para-hydroxylation sites is 2. The Hall–Kier alpha value is -1.22. The standard InChI is InChI=1S/C12H19N3/c1-14-11-6-2-3-7-12(11)15-8-4-5-10(13)9-15/h2-3,6-7,10,14H,4-5,8-9,13H2,1H3. The molecule has 2 rings (SSSR count). The normalized spacial score (nSPS) is 21.5. The first-order chi connectivity index (χ1) is 7.31. The molecule has 1 fully saturated rings. The van der Waals surface area contributed by atoms with E-state index in [-0.39, 0.29) is 0 Å². The zero-order valence-corrected chi connectivity index (χ0v) is 9.24. The Kier molecular flexibility index (Phi) is 3.11. The van der Waals surface area contributed by atoms with Gasteiger partial charge >= 0.3 is 0 Å². The number of nitrogens with one attached hydrogen (secondary N) is 1. The zero-order chi connectivity index (χ0) is 10.7. The lowest BCUT2D eigenvalue weighted by molar-refractivity contribution is 0.506. The molecule has 3 heteroatoms. The molecule has 1 unspecified atom stereocenters. The SMILES string of the molecule is CNc1ccccc1N1CCCC(N)C1. The van der Waals surface area contributed by atoms with Crippen LogP contribution in [0.5, 0.6) is 0 Å². The lowest BCUT2D eigenvalue weighted by atomic mass is 10.1. The van der Waals surface area contributed by atoms with E-state index in [0.29, 0.717) is 6.04 Å². The molecule has 1 aromatic rings. The molecule has 1 aliphatic rings. The molecule has 1 saturated heterocycles. The van der Waals surface area contributed by atoms with E-state index in [0.717, 1.165) is 19.5 Å². The third-order valence-electron chi connectivity index (χ3n) is 2.97. The highest BCUT2D eigenvalue weighted by molar-refractivity contribution is 5.69. The molecular formula is C12H19N3. The van der Waals surface area contributed by atoms with Crippen molar-refractivity contribution < 1.29 is 0 Å². The molecular weight excluding hydrogens is 186 g/mol. The fourth-order valence-electron chi connectivity index (χ4n) is 2.19. The van der Waals surface area contributed by atoms with E-state index in [2.05, 4.69) is 34.5 Å². The monoisotopic (exact) mass is 205 g/mol. The summed E-state index contributed by atoms with van der Waals surface area (Å²) in [6.45, 7) is 2.09. The summed E-state index contributed by atoms with van der Waals surface area (Å²) in [5.41, 5.74) is 8.45. The molecule has 0 radical (unpaired) electrons. The number of anilines is 2. The van der Waals surface area contributed by atoms with Crippen LogP contribution in [-0.2, 0) is 0 Å². The van der Waals surface area contributed by atoms with Crippen LogP contribution in [0.1, 0.15) is 12.8 Å². The number of hydrogen-bond acceptors (Lipinski definition) is 3. The lowest BCUT2D eigenvalue weighted by Crippen LogP contribution is -2.43. The highest BCUT2D eigenvalue weighted by atomic mass is 15.2. The van der Waals surface area contributed by atoms with Gasteiger partial charge in [-0.25, -0.2) is 0 Å². The third-order valence-corrected chi connectivity index (χ3v) is 2.97. The summed E-state index contributed by atoms with van der Waals surface area (Å²) in [6, 6.07) is 8.72. The Morgan fingerprint density at radius 1 is 1.40 bits per heavy atom. The maximum Gasteiger partial charge on any atom is 0.0602 e. The average molecular weight is 205 g/mol. The molecule has 82 valence electrons. The van der Waals surface area contributed by atoms with Crippen LogP contribution in [0.15, 0.2) is 24.3 Å². The average Bonchev–Trinajstić information content (AvgIpc) is 2.29. The van der Waals surface area contributed by atoms with Gasteiger partial charge in [-0.15, -0.1) is 0 Å². The predicted octanol–water partition coefficient (Wildman–Crippen LogP) is 1.66. The third kappa shape index (κ3) is 2.23. The first-order valence-corrected chi connectivity index (χ1v) is 5.58. The summed E-state index contributed by atoms with van der Waals surface area (Å²) >= 11 is 0. The number of rotatable bonds is 2. The van der Waals surface area contributed by atoms with E-state index in [1.165, 1.54) is 17.8 Å². The molecule has 0 saturated carbocycles. The van der Waals surface area contributed by atoms with Crippen molar-refractivity contribution in [3.63, 3.8) is 0 Å². The van der Waals surface area contributed by atoms with E-state index < -0.39 is 0 Å². The summed E-state index contributed by atoms with van der Waals surface area (Å²) in [4.78, 5) is 2.38. The van der Waals surface area contributed by atoms with Crippen LogP contribution in [0.4, 0.5) is 11.4 Å². The molecule has 1 aliphatic heterocycles. The van der Waals surface area contributed by atoms with E-state index in [1.54, 1.807) is 0 Å². The topological polar surface area (TPSA) is 41.3 Å². The maximum atomic E-state index is 5.99. The van der Waals surface area contributed by atoms with Gasteiger partial charge in [0.15, 0.2) is 0 Å². The first kappa shape index (κ1) is 10.3. The maximum absolute atomic E-state index is 5.99. The molecule has 1 heterocycles. The van der Waals surface area contributed by atoms with Crippen molar-refractivity contribution in [3.05, 3.63) is 24.3 Å². The second-order valence-corrected chi connectivity index (χ2v) is 4.12. The van der Waals surface area contributed by atoms with Crippen molar-refractivity contribution >= 4 is 11.4 Å². The molecule has 0 aliphatic carbocycles. The van der Waals surface area contributed by atoms with Crippen molar-refractivity contribution in [2.24, 2.45) is 5.73 Å². The lowest BCUT2D eigenvalue weighted by Gasteiger charge is -2.33. The zero-order valence-electron chi connectivity index (χ0n) is 9.24. The second kappa shape index (κ2) is 4.53. The van der Waals surface area contributed by atoms with Gasteiger partial charge in [0.1, 0.15) is 0 Å². The van der Waals surface area contributed by atoms with Crippen LogP contribution in [0.3, 0.4) is 0 Å². The van der Waals surface area contributed by atoms with Gasteiger partial charge in [-0.3, -0.25) is 0 Å². The highest BCUT2D eigenvalue weighted by Crippen LogP contribution is 2.27. The largest absolute Gasteiger partial charge is 0.386 e. The molecule has 0 aromatic heterocycles. The van der Waals surface area contributed by atoms with E-state index >= 15 is 0 Å². The van der Waals surface area contributed by atoms with Crippen LogP contribution in [0.25, 0.3) is 0 Å². The summed E-state index contributed by atoms with van der Waals surface area (Å²) in [7, 11) is 1.96.